The third kappa shape index (κ3) is 3.08. The Hall–Kier alpha value is -2.40. The predicted octanol–water partition coefficient (Wildman–Crippen LogP) is 2.67. The highest BCUT2D eigenvalue weighted by Gasteiger charge is 2.11. The Bertz CT molecular complexity index is 584. The van der Waals surface area contributed by atoms with Gasteiger partial charge in [-0.3, -0.25) is 4.98 Å². The molecule has 2 rings (SSSR count). The Labute approximate surface area is 110 Å². The molecule has 0 atom stereocenters. The number of nitrogens with zero attached hydrogens (tertiary/aromatic N) is 1. The Balaban J connectivity index is 2.34. The summed E-state index contributed by atoms with van der Waals surface area (Å²) in [4.78, 5) is 15.1. The molecule has 5 nitrogen and oxygen atoms in total. The second kappa shape index (κ2) is 5.97. The van der Waals surface area contributed by atoms with E-state index in [-0.39, 0.29) is 5.56 Å². The molecule has 98 valence electrons. The fourth-order valence-corrected chi connectivity index (χ4v) is 1.75. The lowest BCUT2D eigenvalue weighted by atomic mass is 10.1. The zero-order chi connectivity index (χ0) is 13.7. The summed E-state index contributed by atoms with van der Waals surface area (Å²) >= 11 is 0. The summed E-state index contributed by atoms with van der Waals surface area (Å²) in [6.07, 6.45) is 2.95. The molecule has 0 radical (unpaired) electrons. The fourth-order valence-electron chi connectivity index (χ4n) is 1.75. The molecule has 5 heteroatoms. The zero-order valence-corrected chi connectivity index (χ0v) is 10.5. The van der Waals surface area contributed by atoms with Crippen molar-refractivity contribution in [2.45, 2.75) is 6.61 Å². The lowest BCUT2D eigenvalue weighted by molar-refractivity contribution is 0.0698. The highest BCUT2D eigenvalue weighted by atomic mass is 16.5. The van der Waals surface area contributed by atoms with Crippen LogP contribution in [0.25, 0.3) is 0 Å². The average Bonchev–Trinajstić information content (AvgIpc) is 2.42. The van der Waals surface area contributed by atoms with Gasteiger partial charge < -0.3 is 15.2 Å². The maximum absolute atomic E-state index is 11.1. The third-order valence-electron chi connectivity index (χ3n) is 2.64. The van der Waals surface area contributed by atoms with E-state index in [1.54, 1.807) is 7.11 Å². The largest absolute Gasteiger partial charge is 0.478 e. The number of hydrogen-bond donors (Lipinski definition) is 2. The molecule has 0 saturated heterocycles. The van der Waals surface area contributed by atoms with Gasteiger partial charge in [-0.15, -0.1) is 0 Å². The van der Waals surface area contributed by atoms with Crippen LogP contribution in [0.3, 0.4) is 0 Å². The molecule has 19 heavy (non-hydrogen) atoms. The lowest BCUT2D eigenvalue weighted by Crippen LogP contribution is -2.04. The maximum atomic E-state index is 11.1. The quantitative estimate of drug-likeness (QED) is 0.862. The van der Waals surface area contributed by atoms with E-state index in [0.29, 0.717) is 12.3 Å². The van der Waals surface area contributed by atoms with Gasteiger partial charge in [0.05, 0.1) is 24.1 Å². The molecule has 0 aliphatic carbocycles. The number of nitrogens with one attached hydrogen (secondary N) is 1. The number of carboxylic acids is 1. The first kappa shape index (κ1) is 13.0. The molecule has 0 saturated carbocycles. The lowest BCUT2D eigenvalue weighted by Gasteiger charge is -2.12. The summed E-state index contributed by atoms with van der Waals surface area (Å²) in [7, 11) is 1.61. The summed E-state index contributed by atoms with van der Waals surface area (Å²) in [5.74, 6) is -0.992. The van der Waals surface area contributed by atoms with Crippen molar-refractivity contribution >= 4 is 17.3 Å². The predicted molar refractivity (Wildman–Crippen MR) is 71.6 cm³/mol. The van der Waals surface area contributed by atoms with Crippen LogP contribution in [0.2, 0.25) is 0 Å². The van der Waals surface area contributed by atoms with Gasteiger partial charge in [0, 0.05) is 24.6 Å². The standard InChI is InChI=1S/C14H14N2O3/c1-19-9-10-4-2-3-5-12(10)16-13-8-15-7-6-11(13)14(17)18/h2-8,16H,9H2,1H3,(H,17,18). The number of hydrogen-bond acceptors (Lipinski definition) is 4. The summed E-state index contributed by atoms with van der Waals surface area (Å²) in [6, 6.07) is 9.03. The Morgan fingerprint density at radius 1 is 1.32 bits per heavy atom. The molecule has 0 fully saturated rings. The van der Waals surface area contributed by atoms with Crippen LogP contribution in [0.1, 0.15) is 15.9 Å². The normalized spacial score (nSPS) is 10.2. The van der Waals surface area contributed by atoms with Crippen molar-refractivity contribution in [1.29, 1.82) is 0 Å². The first-order valence-corrected chi connectivity index (χ1v) is 5.73. The van der Waals surface area contributed by atoms with E-state index in [0.717, 1.165) is 11.3 Å². The van der Waals surface area contributed by atoms with Crippen LogP contribution < -0.4 is 5.32 Å². The van der Waals surface area contributed by atoms with Crippen molar-refractivity contribution in [2.24, 2.45) is 0 Å². The highest BCUT2D eigenvalue weighted by molar-refractivity contribution is 5.94. The van der Waals surface area contributed by atoms with Crippen LogP contribution in [0.4, 0.5) is 11.4 Å². The van der Waals surface area contributed by atoms with Gasteiger partial charge in [0.25, 0.3) is 0 Å². The highest BCUT2D eigenvalue weighted by Crippen LogP contribution is 2.23. The number of benzene rings is 1. The number of anilines is 2. The van der Waals surface area contributed by atoms with E-state index in [1.807, 2.05) is 24.3 Å². The summed E-state index contributed by atoms with van der Waals surface area (Å²) in [5.41, 5.74) is 2.39. The Kier molecular flexibility index (Phi) is 4.10. The van der Waals surface area contributed by atoms with Crippen molar-refractivity contribution < 1.29 is 14.6 Å². The smallest absolute Gasteiger partial charge is 0.337 e. The molecule has 0 amide bonds. The minimum atomic E-state index is -0.992. The van der Waals surface area contributed by atoms with E-state index >= 15 is 0 Å². The van der Waals surface area contributed by atoms with E-state index in [1.165, 1.54) is 18.5 Å². The van der Waals surface area contributed by atoms with Gasteiger partial charge in [-0.1, -0.05) is 18.2 Å². The molecule has 0 aliphatic heterocycles. The van der Waals surface area contributed by atoms with Crippen molar-refractivity contribution in [3.8, 4) is 0 Å². The number of rotatable bonds is 5. The van der Waals surface area contributed by atoms with Crippen LogP contribution in [0, 0.1) is 0 Å². The van der Waals surface area contributed by atoms with E-state index in [9.17, 15) is 4.79 Å². The van der Waals surface area contributed by atoms with Crippen molar-refractivity contribution in [3.05, 3.63) is 53.9 Å². The minimum absolute atomic E-state index is 0.183. The molecular formula is C14H14N2O3. The molecule has 0 aliphatic rings. The first-order valence-electron chi connectivity index (χ1n) is 5.73. The second-order valence-electron chi connectivity index (χ2n) is 3.94. The number of carbonyl (C=O) groups is 1. The summed E-state index contributed by atoms with van der Waals surface area (Å²) in [6.45, 7) is 0.450. The topological polar surface area (TPSA) is 71.5 Å². The van der Waals surface area contributed by atoms with E-state index < -0.39 is 5.97 Å². The molecule has 2 aromatic rings. The van der Waals surface area contributed by atoms with Crippen LogP contribution in [-0.2, 0) is 11.3 Å². The van der Waals surface area contributed by atoms with Crippen LogP contribution in [0.5, 0.6) is 0 Å². The van der Waals surface area contributed by atoms with Gasteiger partial charge >= 0.3 is 5.97 Å². The molecule has 0 bridgehead atoms. The summed E-state index contributed by atoms with van der Waals surface area (Å²) < 4.78 is 5.11. The number of pyridine rings is 1. The zero-order valence-electron chi connectivity index (χ0n) is 10.5. The van der Waals surface area contributed by atoms with Gasteiger partial charge in [0.2, 0.25) is 0 Å². The van der Waals surface area contributed by atoms with Crippen LogP contribution in [0.15, 0.2) is 42.7 Å². The molecular weight excluding hydrogens is 244 g/mol. The van der Waals surface area contributed by atoms with Gasteiger partial charge in [-0.2, -0.15) is 0 Å². The van der Waals surface area contributed by atoms with E-state index in [2.05, 4.69) is 10.3 Å². The molecule has 2 N–H and O–H groups in total. The Morgan fingerprint density at radius 3 is 2.84 bits per heavy atom. The SMILES string of the molecule is COCc1ccccc1Nc1cnccc1C(=O)O. The fraction of sp³-hybridized carbons (Fsp3) is 0.143. The van der Waals surface area contributed by atoms with Gasteiger partial charge in [0.15, 0.2) is 0 Å². The number of aromatic carboxylic acids is 1. The third-order valence-corrected chi connectivity index (χ3v) is 2.64. The number of para-hydroxylation sites is 1. The number of aromatic nitrogens is 1. The molecule has 1 aromatic heterocycles. The van der Waals surface area contributed by atoms with Gasteiger partial charge in [0.1, 0.15) is 0 Å². The molecule has 1 aromatic carbocycles. The van der Waals surface area contributed by atoms with E-state index in [4.69, 9.17) is 9.84 Å². The van der Waals surface area contributed by atoms with Gasteiger partial charge in [-0.25, -0.2) is 4.79 Å². The van der Waals surface area contributed by atoms with Crippen molar-refractivity contribution in [3.63, 3.8) is 0 Å². The number of methoxy groups -OCH3 is 1. The average molecular weight is 258 g/mol. The van der Waals surface area contributed by atoms with Crippen molar-refractivity contribution in [2.75, 3.05) is 12.4 Å². The maximum Gasteiger partial charge on any atom is 0.337 e. The first-order chi connectivity index (χ1) is 9.22. The second-order valence-corrected chi connectivity index (χ2v) is 3.94. The Morgan fingerprint density at radius 2 is 2.11 bits per heavy atom. The number of ether oxygens (including phenoxy) is 1. The van der Waals surface area contributed by atoms with Crippen LogP contribution >= 0.6 is 0 Å². The van der Waals surface area contributed by atoms with Crippen LogP contribution in [-0.4, -0.2) is 23.2 Å². The minimum Gasteiger partial charge on any atom is -0.478 e. The number of carboxylic acid groups (broad SMARTS) is 1. The molecule has 0 unspecified atom stereocenters. The van der Waals surface area contributed by atoms with Crippen molar-refractivity contribution in [1.82, 2.24) is 4.98 Å². The van der Waals surface area contributed by atoms with Gasteiger partial charge in [-0.05, 0) is 12.1 Å². The molecule has 0 spiro atoms. The summed E-state index contributed by atoms with van der Waals surface area (Å²) in [5, 5.41) is 12.2. The molecule has 1 heterocycles. The monoisotopic (exact) mass is 258 g/mol.